The number of hydrogen-bond acceptors (Lipinski definition) is 18. The minimum atomic E-state index is -2.02. The zero-order chi connectivity index (χ0) is 48.9. The van der Waals surface area contributed by atoms with E-state index in [0.717, 1.165) is 57.8 Å². The van der Waals surface area contributed by atoms with Crippen LogP contribution in [0.2, 0.25) is 0 Å². The van der Waals surface area contributed by atoms with Gasteiger partial charge in [0.15, 0.2) is 35.7 Å². The second-order valence-electron chi connectivity index (χ2n) is 24.7. The van der Waals surface area contributed by atoms with Crippen LogP contribution in [-0.4, -0.2) is 95.7 Å². The molecule has 18 nitrogen and oxygen atoms in total. The molecule has 392 valence electrons. The van der Waals surface area contributed by atoms with Crippen LogP contribution in [0.15, 0.2) is 0 Å². The molecule has 70 heavy (non-hydrogen) atoms. The van der Waals surface area contributed by atoms with E-state index in [2.05, 4.69) is 41.5 Å². The molecule has 0 aromatic heterocycles. The van der Waals surface area contributed by atoms with Crippen molar-refractivity contribution in [2.75, 3.05) is 0 Å². The highest BCUT2D eigenvalue weighted by Gasteiger charge is 2.72. The van der Waals surface area contributed by atoms with E-state index in [1.54, 1.807) is 0 Å². The normalized spacial score (nSPS) is 55.3. The molecule has 18 heteroatoms. The van der Waals surface area contributed by atoms with Crippen molar-refractivity contribution in [2.45, 2.75) is 236 Å². The molecule has 3 spiro atoms. The molecule has 12 aliphatic heterocycles. The Labute approximate surface area is 410 Å². The smallest absolute Gasteiger partial charge is 0.390 e. The van der Waals surface area contributed by atoms with Crippen molar-refractivity contribution < 1.29 is 86.3 Å². The van der Waals surface area contributed by atoms with Gasteiger partial charge in [0.05, 0.1) is 37.6 Å². The third-order valence-corrected chi connectivity index (χ3v) is 20.7. The lowest BCUT2D eigenvalue weighted by Crippen LogP contribution is -2.70. The number of fused-ring (bicyclic) bond motifs is 6. The summed E-state index contributed by atoms with van der Waals surface area (Å²) in [7, 11) is 0. The molecule has 15 rings (SSSR count). The Morgan fingerprint density at radius 2 is 0.700 bits per heavy atom. The highest BCUT2D eigenvalue weighted by atomic mass is 17.3. The lowest BCUT2D eigenvalue weighted by atomic mass is 9.57. The van der Waals surface area contributed by atoms with Crippen molar-refractivity contribution in [1.82, 2.24) is 0 Å². The van der Waals surface area contributed by atoms with Gasteiger partial charge in [-0.05, 0) is 132 Å². The van der Waals surface area contributed by atoms with Crippen LogP contribution in [-0.2, 0) is 86.3 Å². The Kier molecular flexibility index (Phi) is 12.0. The summed E-state index contributed by atoms with van der Waals surface area (Å²) in [6, 6.07) is 0. The predicted octanol–water partition coefficient (Wildman–Crippen LogP) is 7.82. The second kappa shape index (κ2) is 17.2. The molecule has 6 unspecified atom stereocenters. The summed E-state index contributed by atoms with van der Waals surface area (Å²) >= 11 is 0. The lowest BCUT2D eigenvalue weighted by Gasteiger charge is -2.60. The molecule has 0 aromatic rings. The molecule has 3 saturated carbocycles. The van der Waals surface area contributed by atoms with Crippen molar-refractivity contribution in [2.24, 2.45) is 71.0 Å². The molecule has 24 atom stereocenters. The summed E-state index contributed by atoms with van der Waals surface area (Å²) in [6.45, 7) is 16.4. The quantitative estimate of drug-likeness (QED) is 0.123. The van der Waals surface area contributed by atoms with Crippen LogP contribution >= 0.6 is 0 Å². The largest absolute Gasteiger partial charge is 0.412 e. The molecule has 12 saturated heterocycles. The molecule has 0 radical (unpaired) electrons. The van der Waals surface area contributed by atoms with Crippen LogP contribution in [0.4, 0.5) is 0 Å². The summed E-state index contributed by atoms with van der Waals surface area (Å²) in [6.07, 6.45) is 5.12. The zero-order valence-electron chi connectivity index (χ0n) is 42.4. The van der Waals surface area contributed by atoms with E-state index in [-0.39, 0.29) is 72.5 Å². The van der Waals surface area contributed by atoms with E-state index >= 15 is 0 Å². The van der Waals surface area contributed by atoms with Gasteiger partial charge in [-0.3, -0.25) is 14.4 Å². The molecular formula is C52H76O18. The van der Waals surface area contributed by atoms with Crippen molar-refractivity contribution in [3.05, 3.63) is 0 Å². The fourth-order valence-electron chi connectivity index (χ4n) is 16.7. The first-order valence-electron chi connectivity index (χ1n) is 27.0. The third-order valence-electron chi connectivity index (χ3n) is 20.7. The van der Waals surface area contributed by atoms with Gasteiger partial charge in [0.2, 0.25) is 17.4 Å². The average molecular weight is 989 g/mol. The maximum atomic E-state index is 14.2. The van der Waals surface area contributed by atoms with E-state index in [1.165, 1.54) is 0 Å². The molecule has 0 aromatic carbocycles. The van der Waals surface area contributed by atoms with Crippen LogP contribution < -0.4 is 0 Å². The maximum Gasteiger partial charge on any atom is 0.412 e. The second-order valence-corrected chi connectivity index (χ2v) is 24.7. The van der Waals surface area contributed by atoms with Crippen molar-refractivity contribution in [3.8, 4) is 0 Å². The molecule has 6 bridgehead atoms. The van der Waals surface area contributed by atoms with Crippen LogP contribution in [0.5, 0.6) is 0 Å². The van der Waals surface area contributed by atoms with Gasteiger partial charge in [-0.1, -0.05) is 41.5 Å². The number of carbonyl (C=O) groups excluding carboxylic acids is 3. The van der Waals surface area contributed by atoms with Gasteiger partial charge in [-0.2, -0.15) is 0 Å². The van der Waals surface area contributed by atoms with Gasteiger partial charge in [-0.25, -0.2) is 29.3 Å². The van der Waals surface area contributed by atoms with Gasteiger partial charge < -0.3 is 42.6 Å². The van der Waals surface area contributed by atoms with Gasteiger partial charge >= 0.3 is 24.4 Å². The van der Waals surface area contributed by atoms with Gasteiger partial charge in [-0.15, -0.1) is 0 Å². The topological polar surface area (TPSA) is 190 Å². The van der Waals surface area contributed by atoms with E-state index in [4.69, 9.17) is 72.0 Å². The fourth-order valence-corrected chi connectivity index (χ4v) is 16.7. The molecule has 15 aliphatic rings. The van der Waals surface area contributed by atoms with E-state index in [9.17, 15) is 14.4 Å². The van der Waals surface area contributed by atoms with Crippen molar-refractivity contribution in [1.29, 1.82) is 0 Å². The van der Waals surface area contributed by atoms with Gasteiger partial charge in [0, 0.05) is 37.0 Å². The summed E-state index contributed by atoms with van der Waals surface area (Å²) in [4.78, 5) is 79.7. The first kappa shape index (κ1) is 48.8. The highest BCUT2D eigenvalue weighted by Crippen LogP contribution is 2.64. The Balaban J connectivity index is 0.770. The maximum absolute atomic E-state index is 14.2. The molecular weight excluding hydrogens is 913 g/mol. The van der Waals surface area contributed by atoms with Crippen molar-refractivity contribution in [3.63, 3.8) is 0 Å². The fraction of sp³-hybridized carbons (Fsp3) is 0.942. The van der Waals surface area contributed by atoms with Crippen LogP contribution in [0.25, 0.3) is 0 Å². The molecule has 3 aliphatic carbocycles. The highest BCUT2D eigenvalue weighted by molar-refractivity contribution is 5.74. The minimum Gasteiger partial charge on any atom is -0.390 e. The summed E-state index contributed by atoms with van der Waals surface area (Å²) in [5.41, 5.74) is -2.46. The third kappa shape index (κ3) is 7.47. The van der Waals surface area contributed by atoms with Gasteiger partial charge in [0.25, 0.3) is 0 Å². The Morgan fingerprint density at radius 3 is 0.986 bits per heavy atom. The summed E-state index contributed by atoms with van der Waals surface area (Å²) in [5.74, 6) is -4.36. The van der Waals surface area contributed by atoms with Gasteiger partial charge in [0.1, 0.15) is 0 Å². The molecule has 15 fully saturated rings. The Hall–Kier alpha value is -2.07. The number of ether oxygens (including phenoxy) is 9. The van der Waals surface area contributed by atoms with Crippen molar-refractivity contribution >= 4 is 17.9 Å². The first-order valence-corrected chi connectivity index (χ1v) is 27.0. The van der Waals surface area contributed by atoms with Crippen LogP contribution in [0, 0.1) is 71.0 Å². The summed E-state index contributed by atoms with van der Waals surface area (Å²) < 4.78 is 57.4. The number of carbonyl (C=O) groups is 3. The average Bonchev–Trinajstić information content (AvgIpc) is 3.79. The minimum absolute atomic E-state index is 0.0303. The number of rotatable bonds is 9. The number of hydrogen-bond donors (Lipinski definition) is 0. The molecule has 0 amide bonds. The monoisotopic (exact) mass is 989 g/mol. The standard InChI is InChI=1S/C52H76O18/c1-25-10-13-34-28(4)37(56-43-50(34)31(25)16-19-47(7,62-43)65-68-50)22-40(53)59-46(60-41(54)23-38-29(5)35-14-11-26(2)32-17-20-48(8)63-44(57-38)51(32,35)69-66-48)61-42(55)24-39-30(6)36-15-12-27(3)33-18-21-49(9)64-45(58-39)52(33,36)70-67-49/h25-39,43-46H,10-24H2,1-9H3/t25-,26-,27-,28-,29-,30-,31+,32+,33+,34+,35+,36+,37?,38?,39?,43-,44-,45-,46?,47?,48?,49?,50-,51-,52-/m1/s1. The zero-order valence-corrected chi connectivity index (χ0v) is 42.4. The van der Waals surface area contributed by atoms with E-state index in [1.807, 2.05) is 20.8 Å². The Bertz CT molecular complexity index is 1840. The molecule has 0 N–H and O–H groups in total. The first-order chi connectivity index (χ1) is 33.3. The van der Waals surface area contributed by atoms with E-state index < -0.39 is 95.7 Å². The number of esters is 3. The van der Waals surface area contributed by atoms with E-state index in [0.29, 0.717) is 37.0 Å². The SMILES string of the molecule is C[C@@H]1CC[C@H]2[C@@H](C)C(CC(=O)OC(OC(=O)CC3O[C@@H]4OC5(C)CC[C@H]6[C@H](C)CC[C@@H]([C@H]3C)[C@@]46OO5)OC(=O)CC3O[C@@H]4OC5(C)CC[C@H]6[C@H](C)CC[C@@H]([C@H]3C)[C@@]46OO5)O[C@@H]3OC4(C)CC[C@@H]1[C@]32OO4. The predicted molar refractivity (Wildman–Crippen MR) is 236 cm³/mol. The Morgan fingerprint density at radius 1 is 0.414 bits per heavy atom. The summed E-state index contributed by atoms with van der Waals surface area (Å²) in [5, 5.41) is 0. The van der Waals surface area contributed by atoms with Crippen LogP contribution in [0.1, 0.15) is 159 Å². The molecule has 12 heterocycles. The lowest BCUT2D eigenvalue weighted by molar-refractivity contribution is -0.571. The van der Waals surface area contributed by atoms with Crippen LogP contribution in [0.3, 0.4) is 0 Å².